The topological polar surface area (TPSA) is 32.3 Å². The van der Waals surface area contributed by atoms with Crippen molar-refractivity contribution in [3.63, 3.8) is 0 Å². The Kier molecular flexibility index (Phi) is 6.52. The summed E-state index contributed by atoms with van der Waals surface area (Å²) in [4.78, 5) is 14.6. The van der Waals surface area contributed by atoms with Crippen LogP contribution in [-0.2, 0) is 0 Å². The van der Waals surface area contributed by atoms with E-state index in [1.54, 1.807) is 18.2 Å². The highest BCUT2D eigenvalue weighted by Crippen LogP contribution is 2.23. The molecule has 116 valence electrons. The molecular formula is C16H22BrClN2O. The molecule has 2 rings (SSSR count). The summed E-state index contributed by atoms with van der Waals surface area (Å²) in [5, 5.41) is 3.62. The molecule has 1 saturated heterocycles. The fraction of sp³-hybridized carbons (Fsp3) is 0.562. The first-order valence-electron chi connectivity index (χ1n) is 7.52. The molecule has 0 saturated carbocycles. The summed E-state index contributed by atoms with van der Waals surface area (Å²) in [7, 11) is 0. The maximum absolute atomic E-state index is 12.1. The molecule has 1 unspecified atom stereocenters. The minimum Gasteiger partial charge on any atom is -0.352 e. The van der Waals surface area contributed by atoms with Crippen LogP contribution in [0.4, 0.5) is 0 Å². The summed E-state index contributed by atoms with van der Waals surface area (Å²) in [5.41, 5.74) is 0.636. The number of hydrogen-bond donors (Lipinski definition) is 1. The molecule has 1 atom stereocenters. The number of hydrogen-bond acceptors (Lipinski definition) is 2. The highest BCUT2D eigenvalue weighted by molar-refractivity contribution is 9.10. The Morgan fingerprint density at radius 3 is 2.76 bits per heavy atom. The molecule has 3 nitrogen and oxygen atoms in total. The van der Waals surface area contributed by atoms with Gasteiger partial charge in [0.15, 0.2) is 0 Å². The van der Waals surface area contributed by atoms with E-state index in [-0.39, 0.29) is 5.91 Å². The maximum Gasteiger partial charge on any atom is 0.251 e. The van der Waals surface area contributed by atoms with E-state index in [0.29, 0.717) is 23.0 Å². The quantitative estimate of drug-likeness (QED) is 0.847. The molecule has 0 aromatic heterocycles. The molecule has 1 aromatic carbocycles. The molecule has 0 bridgehead atoms. The van der Waals surface area contributed by atoms with Gasteiger partial charge in [0, 0.05) is 23.1 Å². The number of rotatable bonds is 5. The summed E-state index contributed by atoms with van der Waals surface area (Å²) in [6.45, 7) is 6.34. The second-order valence-corrected chi connectivity index (χ2v) is 7.07. The van der Waals surface area contributed by atoms with Gasteiger partial charge in [0.05, 0.1) is 5.02 Å². The first-order valence-corrected chi connectivity index (χ1v) is 8.69. The predicted molar refractivity (Wildman–Crippen MR) is 90.9 cm³/mol. The molecule has 5 heteroatoms. The van der Waals surface area contributed by atoms with E-state index in [9.17, 15) is 4.79 Å². The minimum absolute atomic E-state index is 0.0436. The van der Waals surface area contributed by atoms with Crippen molar-refractivity contribution < 1.29 is 4.79 Å². The zero-order chi connectivity index (χ0) is 15.2. The van der Waals surface area contributed by atoms with Gasteiger partial charge in [-0.15, -0.1) is 0 Å². The molecule has 1 aromatic rings. The van der Waals surface area contributed by atoms with Crippen molar-refractivity contribution in [1.82, 2.24) is 10.2 Å². The van der Waals surface area contributed by atoms with Gasteiger partial charge in [0.25, 0.3) is 5.91 Å². The molecule has 0 spiro atoms. The molecule has 1 aliphatic rings. The second-order valence-electron chi connectivity index (χ2n) is 5.81. The van der Waals surface area contributed by atoms with Gasteiger partial charge in [-0.3, -0.25) is 4.79 Å². The average molecular weight is 374 g/mol. The van der Waals surface area contributed by atoms with Crippen molar-refractivity contribution in [3.8, 4) is 0 Å². The molecule has 0 aliphatic carbocycles. The van der Waals surface area contributed by atoms with Gasteiger partial charge < -0.3 is 10.2 Å². The van der Waals surface area contributed by atoms with Crippen LogP contribution >= 0.6 is 27.5 Å². The zero-order valence-electron chi connectivity index (χ0n) is 12.4. The van der Waals surface area contributed by atoms with Gasteiger partial charge >= 0.3 is 0 Å². The normalized spacial score (nSPS) is 17.5. The SMILES string of the molecule is CC(CNC(=O)c1ccc(Cl)c(Br)c1)CN1CCCCC1. The third-order valence-corrected chi connectivity index (χ3v) is 5.03. The maximum atomic E-state index is 12.1. The van der Waals surface area contributed by atoms with Crippen LogP contribution in [0.1, 0.15) is 36.5 Å². The summed E-state index contributed by atoms with van der Waals surface area (Å²) >= 11 is 9.28. The van der Waals surface area contributed by atoms with Crippen LogP contribution in [-0.4, -0.2) is 37.0 Å². The van der Waals surface area contributed by atoms with Crippen molar-refractivity contribution in [3.05, 3.63) is 33.3 Å². The number of carbonyl (C=O) groups is 1. The fourth-order valence-corrected chi connectivity index (χ4v) is 3.15. The van der Waals surface area contributed by atoms with Crippen LogP contribution in [0.25, 0.3) is 0 Å². The van der Waals surface area contributed by atoms with Crippen LogP contribution in [0.3, 0.4) is 0 Å². The second kappa shape index (κ2) is 8.16. The number of nitrogens with one attached hydrogen (secondary N) is 1. The predicted octanol–water partition coefficient (Wildman–Crippen LogP) is 3.95. The third-order valence-electron chi connectivity index (χ3n) is 3.81. The molecule has 21 heavy (non-hydrogen) atoms. The van der Waals surface area contributed by atoms with Crippen LogP contribution in [0.15, 0.2) is 22.7 Å². The van der Waals surface area contributed by atoms with Crippen LogP contribution < -0.4 is 5.32 Å². The van der Waals surface area contributed by atoms with Gasteiger partial charge in [-0.25, -0.2) is 0 Å². The van der Waals surface area contributed by atoms with Crippen molar-refractivity contribution >= 4 is 33.4 Å². The van der Waals surface area contributed by atoms with E-state index in [1.165, 1.54) is 32.4 Å². The number of likely N-dealkylation sites (tertiary alicyclic amines) is 1. The van der Waals surface area contributed by atoms with Crippen molar-refractivity contribution in [1.29, 1.82) is 0 Å². The third kappa shape index (κ3) is 5.28. The number of halogens is 2. The van der Waals surface area contributed by atoms with Crippen molar-refractivity contribution in [2.24, 2.45) is 5.92 Å². The number of piperidine rings is 1. The highest BCUT2D eigenvalue weighted by Gasteiger charge is 2.14. The van der Waals surface area contributed by atoms with Gasteiger partial charge in [0.1, 0.15) is 0 Å². The molecule has 1 amide bonds. The Morgan fingerprint density at radius 2 is 2.10 bits per heavy atom. The van der Waals surface area contributed by atoms with E-state index >= 15 is 0 Å². The largest absolute Gasteiger partial charge is 0.352 e. The van der Waals surface area contributed by atoms with Gasteiger partial charge in [0.2, 0.25) is 0 Å². The Morgan fingerprint density at radius 1 is 1.38 bits per heavy atom. The van der Waals surface area contributed by atoms with Gasteiger partial charge in [-0.1, -0.05) is 24.9 Å². The van der Waals surface area contributed by atoms with Gasteiger partial charge in [-0.2, -0.15) is 0 Å². The fourth-order valence-electron chi connectivity index (χ4n) is 2.65. The lowest BCUT2D eigenvalue weighted by Crippen LogP contribution is -2.38. The molecule has 0 radical (unpaired) electrons. The van der Waals surface area contributed by atoms with E-state index < -0.39 is 0 Å². The summed E-state index contributed by atoms with van der Waals surface area (Å²) < 4.78 is 0.748. The molecular weight excluding hydrogens is 352 g/mol. The summed E-state index contributed by atoms with van der Waals surface area (Å²) in [6, 6.07) is 5.24. The lowest BCUT2D eigenvalue weighted by atomic mass is 10.1. The number of amides is 1. The first-order chi connectivity index (χ1) is 10.1. The number of benzene rings is 1. The monoisotopic (exact) mass is 372 g/mol. The Balaban J connectivity index is 1.78. The van der Waals surface area contributed by atoms with E-state index in [2.05, 4.69) is 33.1 Å². The zero-order valence-corrected chi connectivity index (χ0v) is 14.7. The smallest absolute Gasteiger partial charge is 0.251 e. The Bertz CT molecular complexity index is 489. The van der Waals surface area contributed by atoms with Crippen molar-refractivity contribution in [2.75, 3.05) is 26.2 Å². The standard InChI is InChI=1S/C16H22BrClN2O/c1-12(11-20-7-3-2-4-8-20)10-19-16(21)13-5-6-15(18)14(17)9-13/h5-6,9,12H,2-4,7-8,10-11H2,1H3,(H,19,21). The number of carbonyl (C=O) groups excluding carboxylic acids is 1. The minimum atomic E-state index is -0.0436. The van der Waals surface area contributed by atoms with E-state index in [1.807, 2.05) is 0 Å². The van der Waals surface area contributed by atoms with Gasteiger partial charge in [-0.05, 0) is 66.0 Å². The first kappa shape index (κ1) is 16.8. The van der Waals surface area contributed by atoms with Crippen LogP contribution in [0, 0.1) is 5.92 Å². The molecule has 1 heterocycles. The number of nitrogens with zero attached hydrogens (tertiary/aromatic N) is 1. The lowest BCUT2D eigenvalue weighted by molar-refractivity contribution is 0.0942. The van der Waals surface area contributed by atoms with Crippen molar-refractivity contribution in [2.45, 2.75) is 26.2 Å². The molecule has 1 N–H and O–H groups in total. The summed E-state index contributed by atoms with van der Waals surface area (Å²) in [5.74, 6) is 0.417. The lowest BCUT2D eigenvalue weighted by Gasteiger charge is -2.29. The average Bonchev–Trinajstić information content (AvgIpc) is 2.48. The van der Waals surface area contributed by atoms with Crippen LogP contribution in [0.2, 0.25) is 5.02 Å². The van der Waals surface area contributed by atoms with E-state index in [0.717, 1.165) is 11.0 Å². The Labute approximate surface area is 140 Å². The Hall–Kier alpha value is -0.580. The molecule has 1 aliphatic heterocycles. The van der Waals surface area contributed by atoms with Crippen LogP contribution in [0.5, 0.6) is 0 Å². The highest BCUT2D eigenvalue weighted by atomic mass is 79.9. The summed E-state index contributed by atoms with van der Waals surface area (Å²) in [6.07, 6.45) is 3.96. The molecule has 1 fully saturated rings. The van der Waals surface area contributed by atoms with E-state index in [4.69, 9.17) is 11.6 Å².